The maximum Gasteiger partial charge on any atom is 0.251 e. The summed E-state index contributed by atoms with van der Waals surface area (Å²) in [5.74, 6) is 1.87. The van der Waals surface area contributed by atoms with Gasteiger partial charge in [0.25, 0.3) is 5.91 Å². The molecule has 0 aliphatic carbocycles. The van der Waals surface area contributed by atoms with Gasteiger partial charge in [-0.05, 0) is 30.4 Å². The van der Waals surface area contributed by atoms with E-state index in [-0.39, 0.29) is 5.91 Å². The molecule has 0 fully saturated rings. The van der Waals surface area contributed by atoms with Crippen LogP contribution in [0.15, 0.2) is 18.3 Å². The summed E-state index contributed by atoms with van der Waals surface area (Å²) in [5.41, 5.74) is 0.657. The van der Waals surface area contributed by atoms with Crippen LogP contribution in [0.4, 0.5) is 5.82 Å². The Morgan fingerprint density at radius 1 is 1.26 bits per heavy atom. The molecule has 0 aliphatic heterocycles. The van der Waals surface area contributed by atoms with Crippen LogP contribution in [0.25, 0.3) is 0 Å². The average molecular weight is 263 g/mol. The molecule has 1 rings (SSSR count). The first kappa shape index (κ1) is 15.5. The van der Waals surface area contributed by atoms with Gasteiger partial charge in [-0.1, -0.05) is 27.7 Å². The van der Waals surface area contributed by atoms with E-state index in [0.717, 1.165) is 18.8 Å². The molecular weight excluding hydrogens is 238 g/mol. The lowest BCUT2D eigenvalue weighted by Crippen LogP contribution is -2.25. The van der Waals surface area contributed by atoms with Crippen LogP contribution >= 0.6 is 0 Å². The second-order valence-corrected chi connectivity index (χ2v) is 5.64. The lowest BCUT2D eigenvalue weighted by Gasteiger charge is -2.10. The van der Waals surface area contributed by atoms with Crippen molar-refractivity contribution in [2.24, 2.45) is 11.8 Å². The standard InChI is InChI=1S/C15H25N3O/c1-11(2)5-7-17-15(19)13-6-8-16-14(9-13)18-10-12(3)4/h6,8-9,11-12H,5,7,10H2,1-4H3,(H,16,18)(H,17,19). The summed E-state index contributed by atoms with van der Waals surface area (Å²) < 4.78 is 0. The van der Waals surface area contributed by atoms with E-state index in [1.807, 2.05) is 0 Å². The van der Waals surface area contributed by atoms with Gasteiger partial charge in [0, 0.05) is 24.8 Å². The number of pyridine rings is 1. The molecule has 0 aromatic carbocycles. The van der Waals surface area contributed by atoms with Gasteiger partial charge in [0.1, 0.15) is 5.82 Å². The van der Waals surface area contributed by atoms with Crippen LogP contribution in [0.2, 0.25) is 0 Å². The van der Waals surface area contributed by atoms with Crippen molar-refractivity contribution in [1.82, 2.24) is 10.3 Å². The molecular formula is C15H25N3O. The molecule has 0 saturated carbocycles. The van der Waals surface area contributed by atoms with Crippen LogP contribution in [0, 0.1) is 11.8 Å². The minimum atomic E-state index is -0.0318. The molecule has 0 atom stereocenters. The first-order valence-corrected chi connectivity index (χ1v) is 6.97. The summed E-state index contributed by atoms with van der Waals surface area (Å²) in [5, 5.41) is 6.15. The van der Waals surface area contributed by atoms with Crippen molar-refractivity contribution in [3.63, 3.8) is 0 Å². The third kappa shape index (κ3) is 6.22. The molecule has 4 nitrogen and oxygen atoms in total. The molecule has 1 aromatic heterocycles. The Balaban J connectivity index is 2.52. The van der Waals surface area contributed by atoms with E-state index in [4.69, 9.17) is 0 Å². The molecule has 19 heavy (non-hydrogen) atoms. The summed E-state index contributed by atoms with van der Waals surface area (Å²) in [6.07, 6.45) is 2.66. The van der Waals surface area contributed by atoms with E-state index in [1.54, 1.807) is 18.3 Å². The molecule has 1 aromatic rings. The zero-order valence-electron chi connectivity index (χ0n) is 12.4. The highest BCUT2D eigenvalue weighted by Gasteiger charge is 2.07. The van der Waals surface area contributed by atoms with Crippen LogP contribution in [-0.4, -0.2) is 24.0 Å². The third-order valence-electron chi connectivity index (χ3n) is 2.72. The van der Waals surface area contributed by atoms with Crippen LogP contribution in [0.5, 0.6) is 0 Å². The molecule has 1 heterocycles. The summed E-state index contributed by atoms with van der Waals surface area (Å²) >= 11 is 0. The van der Waals surface area contributed by atoms with E-state index >= 15 is 0 Å². The maximum atomic E-state index is 11.9. The zero-order valence-corrected chi connectivity index (χ0v) is 12.4. The Hall–Kier alpha value is -1.58. The normalized spacial score (nSPS) is 10.8. The highest BCUT2D eigenvalue weighted by atomic mass is 16.1. The predicted molar refractivity (Wildman–Crippen MR) is 79.4 cm³/mol. The van der Waals surface area contributed by atoms with Gasteiger partial charge in [0.05, 0.1) is 0 Å². The number of amides is 1. The van der Waals surface area contributed by atoms with Gasteiger partial charge in [0.15, 0.2) is 0 Å². The Labute approximate surface area is 116 Å². The Bertz CT molecular complexity index is 402. The quantitative estimate of drug-likeness (QED) is 0.795. The molecule has 0 aliphatic rings. The highest BCUT2D eigenvalue weighted by molar-refractivity contribution is 5.94. The topological polar surface area (TPSA) is 54.0 Å². The van der Waals surface area contributed by atoms with Crippen molar-refractivity contribution in [2.45, 2.75) is 34.1 Å². The van der Waals surface area contributed by atoms with Crippen molar-refractivity contribution in [2.75, 3.05) is 18.4 Å². The van der Waals surface area contributed by atoms with Gasteiger partial charge < -0.3 is 10.6 Å². The number of aromatic nitrogens is 1. The zero-order chi connectivity index (χ0) is 14.3. The van der Waals surface area contributed by atoms with Gasteiger partial charge in [0.2, 0.25) is 0 Å². The lowest BCUT2D eigenvalue weighted by atomic mass is 10.1. The molecule has 0 saturated heterocycles. The van der Waals surface area contributed by atoms with Gasteiger partial charge in [-0.25, -0.2) is 4.98 Å². The first-order chi connectivity index (χ1) is 8.99. The molecule has 0 radical (unpaired) electrons. The van der Waals surface area contributed by atoms with Crippen molar-refractivity contribution in [3.8, 4) is 0 Å². The predicted octanol–water partition coefficient (Wildman–Crippen LogP) is 2.93. The van der Waals surface area contributed by atoms with Gasteiger partial charge in [-0.2, -0.15) is 0 Å². The second-order valence-electron chi connectivity index (χ2n) is 5.64. The third-order valence-corrected chi connectivity index (χ3v) is 2.72. The molecule has 0 spiro atoms. The van der Waals surface area contributed by atoms with E-state index in [1.165, 1.54) is 0 Å². The van der Waals surface area contributed by atoms with Crippen LogP contribution in [-0.2, 0) is 0 Å². The van der Waals surface area contributed by atoms with Crippen molar-refractivity contribution < 1.29 is 4.79 Å². The van der Waals surface area contributed by atoms with Crippen molar-refractivity contribution in [1.29, 1.82) is 0 Å². The van der Waals surface area contributed by atoms with E-state index in [9.17, 15) is 4.79 Å². The molecule has 4 heteroatoms. The van der Waals surface area contributed by atoms with Gasteiger partial charge in [-0.3, -0.25) is 4.79 Å². The summed E-state index contributed by atoms with van der Waals surface area (Å²) in [6, 6.07) is 3.54. The number of anilines is 1. The second kappa shape index (κ2) is 7.77. The number of rotatable bonds is 7. The molecule has 2 N–H and O–H groups in total. The summed E-state index contributed by atoms with van der Waals surface area (Å²) in [4.78, 5) is 16.2. The van der Waals surface area contributed by atoms with Gasteiger partial charge in [-0.15, -0.1) is 0 Å². The van der Waals surface area contributed by atoms with Crippen LogP contribution in [0.3, 0.4) is 0 Å². The number of hydrogen-bond acceptors (Lipinski definition) is 3. The minimum absolute atomic E-state index is 0.0318. The summed E-state index contributed by atoms with van der Waals surface area (Å²) in [6.45, 7) is 10.1. The number of carbonyl (C=O) groups is 1. The molecule has 1 amide bonds. The van der Waals surface area contributed by atoms with E-state index < -0.39 is 0 Å². The average Bonchev–Trinajstić information content (AvgIpc) is 2.36. The maximum absolute atomic E-state index is 11.9. The Morgan fingerprint density at radius 3 is 2.63 bits per heavy atom. The Kier molecular flexibility index (Phi) is 6.33. The smallest absolute Gasteiger partial charge is 0.251 e. The van der Waals surface area contributed by atoms with Crippen LogP contribution in [0.1, 0.15) is 44.5 Å². The largest absolute Gasteiger partial charge is 0.370 e. The van der Waals surface area contributed by atoms with Gasteiger partial charge >= 0.3 is 0 Å². The fourth-order valence-electron chi connectivity index (χ4n) is 1.55. The SMILES string of the molecule is CC(C)CCNC(=O)c1ccnc(NCC(C)C)c1. The molecule has 0 bridgehead atoms. The number of nitrogens with one attached hydrogen (secondary N) is 2. The number of hydrogen-bond donors (Lipinski definition) is 2. The minimum Gasteiger partial charge on any atom is -0.370 e. The number of carbonyl (C=O) groups excluding carboxylic acids is 1. The van der Waals surface area contributed by atoms with Crippen molar-refractivity contribution in [3.05, 3.63) is 23.9 Å². The highest BCUT2D eigenvalue weighted by Crippen LogP contribution is 2.08. The fraction of sp³-hybridized carbons (Fsp3) is 0.600. The van der Waals surface area contributed by atoms with Crippen molar-refractivity contribution >= 4 is 11.7 Å². The first-order valence-electron chi connectivity index (χ1n) is 6.97. The molecule has 106 valence electrons. The molecule has 0 unspecified atom stereocenters. The fourth-order valence-corrected chi connectivity index (χ4v) is 1.55. The summed E-state index contributed by atoms with van der Waals surface area (Å²) in [7, 11) is 0. The monoisotopic (exact) mass is 263 g/mol. The van der Waals surface area contributed by atoms with E-state index in [2.05, 4.69) is 43.3 Å². The van der Waals surface area contributed by atoms with E-state index in [0.29, 0.717) is 23.9 Å². The number of nitrogens with zero attached hydrogens (tertiary/aromatic N) is 1. The van der Waals surface area contributed by atoms with Crippen LogP contribution < -0.4 is 10.6 Å². The lowest BCUT2D eigenvalue weighted by molar-refractivity contribution is 0.0952. The Morgan fingerprint density at radius 2 is 2.00 bits per heavy atom.